The smallest absolute Gasteiger partial charge is 0.303 e. The Labute approximate surface area is 65.4 Å². The van der Waals surface area contributed by atoms with Gasteiger partial charge in [-0.3, -0.25) is 9.59 Å². The van der Waals surface area contributed by atoms with Crippen LogP contribution in [0.15, 0.2) is 0 Å². The first-order chi connectivity index (χ1) is 5.18. The maximum atomic E-state index is 10.9. The third-order valence-electron chi connectivity index (χ3n) is 1.83. The highest BCUT2D eigenvalue weighted by atomic mass is 16.4. The molecule has 0 unspecified atom stereocenters. The highest BCUT2D eigenvalue weighted by Gasteiger charge is 2.24. The highest BCUT2D eigenvalue weighted by Crippen LogP contribution is 2.32. The number of carboxylic acids is 1. The summed E-state index contributed by atoms with van der Waals surface area (Å²) in [5.41, 5.74) is 0. The summed E-state index contributed by atoms with van der Waals surface area (Å²) < 4.78 is 0. The normalized spacial score (nSPS) is 16.4. The summed E-state index contributed by atoms with van der Waals surface area (Å²) in [7, 11) is 0. The fourth-order valence-electron chi connectivity index (χ4n) is 0.992. The van der Waals surface area contributed by atoms with Crippen LogP contribution in [0.4, 0.5) is 0 Å². The molecule has 1 aliphatic rings. The van der Waals surface area contributed by atoms with Gasteiger partial charge in [-0.25, -0.2) is 0 Å². The van der Waals surface area contributed by atoms with Gasteiger partial charge in [0.15, 0.2) is 0 Å². The fourth-order valence-corrected chi connectivity index (χ4v) is 0.992. The minimum Gasteiger partial charge on any atom is -0.481 e. The van der Waals surface area contributed by atoms with Crippen molar-refractivity contribution >= 4 is 11.8 Å². The Balaban J connectivity index is 2.04. The Hall–Kier alpha value is -0.860. The van der Waals surface area contributed by atoms with Gasteiger partial charge in [-0.1, -0.05) is 0 Å². The van der Waals surface area contributed by atoms with E-state index in [0.29, 0.717) is 12.3 Å². The van der Waals surface area contributed by atoms with Crippen molar-refractivity contribution in [2.75, 3.05) is 0 Å². The average Bonchev–Trinajstić information content (AvgIpc) is 2.67. The Morgan fingerprint density at radius 1 is 1.27 bits per heavy atom. The van der Waals surface area contributed by atoms with Crippen molar-refractivity contribution in [3.63, 3.8) is 0 Å². The van der Waals surface area contributed by atoms with E-state index in [0.717, 1.165) is 12.8 Å². The lowest BCUT2D eigenvalue weighted by Gasteiger charge is -1.94. The molecule has 0 aromatic rings. The molecule has 0 atom stereocenters. The number of Topliss-reactive ketones (excluding diaryl/α,β-unsaturated/α-hetero) is 1. The molecule has 1 saturated carbocycles. The van der Waals surface area contributed by atoms with E-state index in [1.54, 1.807) is 0 Å². The zero-order valence-electron chi connectivity index (χ0n) is 6.38. The van der Waals surface area contributed by atoms with Crippen molar-refractivity contribution in [2.45, 2.75) is 32.1 Å². The number of carboxylic acid groups (broad SMARTS) is 1. The molecule has 3 nitrogen and oxygen atoms in total. The molecule has 0 saturated heterocycles. The van der Waals surface area contributed by atoms with Crippen molar-refractivity contribution in [2.24, 2.45) is 5.92 Å². The van der Waals surface area contributed by atoms with Gasteiger partial charge in [0, 0.05) is 12.8 Å². The molecule has 0 heterocycles. The Bertz CT molecular complexity index is 170. The molecule has 1 rings (SSSR count). The summed E-state index contributed by atoms with van der Waals surface area (Å²) in [6.45, 7) is 0. The number of aliphatic carboxylic acids is 1. The number of carbonyl (C=O) groups is 2. The molecule has 0 bridgehead atoms. The van der Waals surface area contributed by atoms with Gasteiger partial charge in [0.25, 0.3) is 0 Å². The lowest BCUT2D eigenvalue weighted by atomic mass is 10.1. The van der Waals surface area contributed by atoms with Gasteiger partial charge in [-0.05, 0) is 18.8 Å². The number of hydrogen-bond acceptors (Lipinski definition) is 2. The largest absolute Gasteiger partial charge is 0.481 e. The SMILES string of the molecule is O=C(O)CCC(=O)CC1CC1. The summed E-state index contributed by atoms with van der Waals surface area (Å²) in [5, 5.41) is 8.26. The van der Waals surface area contributed by atoms with E-state index in [1.807, 2.05) is 0 Å². The number of hydrogen-bond donors (Lipinski definition) is 1. The van der Waals surface area contributed by atoms with Crippen LogP contribution < -0.4 is 0 Å². The van der Waals surface area contributed by atoms with E-state index < -0.39 is 5.97 Å². The van der Waals surface area contributed by atoms with Crippen LogP contribution in [-0.2, 0) is 9.59 Å². The molecule has 62 valence electrons. The maximum Gasteiger partial charge on any atom is 0.303 e. The third-order valence-corrected chi connectivity index (χ3v) is 1.83. The molecule has 0 radical (unpaired) electrons. The first kappa shape index (κ1) is 8.24. The molecule has 0 aromatic carbocycles. The molecular formula is C8H12O3. The molecule has 3 heteroatoms. The predicted molar refractivity (Wildman–Crippen MR) is 39.2 cm³/mol. The highest BCUT2D eigenvalue weighted by molar-refractivity contribution is 5.82. The van der Waals surface area contributed by atoms with Crippen molar-refractivity contribution < 1.29 is 14.7 Å². The second kappa shape index (κ2) is 3.51. The Morgan fingerprint density at radius 2 is 1.91 bits per heavy atom. The summed E-state index contributed by atoms with van der Waals surface area (Å²) in [6.07, 6.45) is 3.11. The molecule has 0 amide bonds. The van der Waals surface area contributed by atoms with E-state index in [-0.39, 0.29) is 18.6 Å². The average molecular weight is 156 g/mol. The molecule has 1 N–H and O–H groups in total. The van der Waals surface area contributed by atoms with Crippen LogP contribution in [0.2, 0.25) is 0 Å². The van der Waals surface area contributed by atoms with Gasteiger partial charge in [-0.2, -0.15) is 0 Å². The number of carbonyl (C=O) groups excluding carboxylic acids is 1. The number of rotatable bonds is 5. The molecule has 1 aliphatic carbocycles. The van der Waals surface area contributed by atoms with E-state index in [9.17, 15) is 9.59 Å². The summed E-state index contributed by atoms with van der Waals surface area (Å²) >= 11 is 0. The van der Waals surface area contributed by atoms with Crippen LogP contribution in [0.25, 0.3) is 0 Å². The van der Waals surface area contributed by atoms with Gasteiger partial charge in [-0.15, -0.1) is 0 Å². The molecule has 1 fully saturated rings. The molecule has 0 aromatic heterocycles. The second-order valence-corrected chi connectivity index (χ2v) is 3.08. The van der Waals surface area contributed by atoms with Gasteiger partial charge < -0.3 is 5.11 Å². The van der Waals surface area contributed by atoms with Crippen molar-refractivity contribution in [1.29, 1.82) is 0 Å². The van der Waals surface area contributed by atoms with E-state index in [2.05, 4.69) is 0 Å². The zero-order chi connectivity index (χ0) is 8.27. The number of ketones is 1. The van der Waals surface area contributed by atoms with Crippen LogP contribution in [0.5, 0.6) is 0 Å². The summed E-state index contributed by atoms with van der Waals surface area (Å²) in [6, 6.07) is 0. The van der Waals surface area contributed by atoms with Crippen LogP contribution in [0.3, 0.4) is 0 Å². The van der Waals surface area contributed by atoms with Crippen molar-refractivity contribution in [3.8, 4) is 0 Å². The second-order valence-electron chi connectivity index (χ2n) is 3.08. The molecular weight excluding hydrogens is 144 g/mol. The minimum absolute atomic E-state index is 0.00838. The lowest BCUT2D eigenvalue weighted by molar-refractivity contribution is -0.138. The predicted octanol–water partition coefficient (Wildman–Crippen LogP) is 1.22. The molecule has 11 heavy (non-hydrogen) atoms. The van der Waals surface area contributed by atoms with Gasteiger partial charge in [0.1, 0.15) is 5.78 Å². The quantitative estimate of drug-likeness (QED) is 0.651. The van der Waals surface area contributed by atoms with Gasteiger partial charge in [0.2, 0.25) is 0 Å². The summed E-state index contributed by atoms with van der Waals surface area (Å²) in [5.74, 6) is -0.194. The van der Waals surface area contributed by atoms with E-state index in [4.69, 9.17) is 5.11 Å². The Kier molecular flexibility index (Phi) is 2.63. The zero-order valence-corrected chi connectivity index (χ0v) is 6.38. The standard InChI is InChI=1S/C8H12O3/c9-7(3-4-8(10)11)5-6-1-2-6/h6H,1-5H2,(H,10,11). The minimum atomic E-state index is -0.880. The van der Waals surface area contributed by atoms with Crippen LogP contribution >= 0.6 is 0 Å². The fraction of sp³-hybridized carbons (Fsp3) is 0.750. The third kappa shape index (κ3) is 3.75. The van der Waals surface area contributed by atoms with Crippen LogP contribution in [-0.4, -0.2) is 16.9 Å². The van der Waals surface area contributed by atoms with Crippen molar-refractivity contribution in [3.05, 3.63) is 0 Å². The van der Waals surface area contributed by atoms with Crippen molar-refractivity contribution in [1.82, 2.24) is 0 Å². The molecule has 0 aliphatic heterocycles. The molecule has 0 spiro atoms. The van der Waals surface area contributed by atoms with E-state index in [1.165, 1.54) is 0 Å². The topological polar surface area (TPSA) is 54.4 Å². The summed E-state index contributed by atoms with van der Waals surface area (Å²) in [4.78, 5) is 21.0. The van der Waals surface area contributed by atoms with Gasteiger partial charge >= 0.3 is 5.97 Å². The van der Waals surface area contributed by atoms with Crippen LogP contribution in [0, 0.1) is 5.92 Å². The van der Waals surface area contributed by atoms with Crippen LogP contribution in [0.1, 0.15) is 32.1 Å². The first-order valence-electron chi connectivity index (χ1n) is 3.92. The monoisotopic (exact) mass is 156 g/mol. The first-order valence-corrected chi connectivity index (χ1v) is 3.92. The van der Waals surface area contributed by atoms with E-state index >= 15 is 0 Å². The lowest BCUT2D eigenvalue weighted by Crippen LogP contribution is -2.03. The van der Waals surface area contributed by atoms with Gasteiger partial charge in [0.05, 0.1) is 6.42 Å². The Morgan fingerprint density at radius 3 is 2.36 bits per heavy atom. The maximum absolute atomic E-state index is 10.9.